The van der Waals surface area contributed by atoms with Crippen LogP contribution in [-0.4, -0.2) is 56.5 Å². The van der Waals surface area contributed by atoms with Gasteiger partial charge in [-0.25, -0.2) is 4.68 Å². The van der Waals surface area contributed by atoms with Crippen LogP contribution in [0.25, 0.3) is 11.3 Å². The molecule has 3 heterocycles. The molecule has 0 saturated heterocycles. The molecule has 0 aliphatic carbocycles. The SMILES string of the molecule is CCOCC(=O)NCC1Cn2nnc(-c3cnn(C)c3)c2CO1. The van der Waals surface area contributed by atoms with Gasteiger partial charge in [-0.3, -0.25) is 9.48 Å². The highest BCUT2D eigenvalue weighted by Crippen LogP contribution is 2.24. The van der Waals surface area contributed by atoms with Crippen LogP contribution in [0.15, 0.2) is 12.4 Å². The van der Waals surface area contributed by atoms with Gasteiger partial charge in [0.15, 0.2) is 0 Å². The summed E-state index contributed by atoms with van der Waals surface area (Å²) < 4.78 is 14.4. The Balaban J connectivity index is 1.59. The van der Waals surface area contributed by atoms with Gasteiger partial charge in [0.25, 0.3) is 0 Å². The van der Waals surface area contributed by atoms with Crippen molar-refractivity contribution in [1.29, 1.82) is 0 Å². The summed E-state index contributed by atoms with van der Waals surface area (Å²) in [6.07, 6.45) is 3.52. The van der Waals surface area contributed by atoms with E-state index in [2.05, 4.69) is 20.7 Å². The molecule has 124 valence electrons. The summed E-state index contributed by atoms with van der Waals surface area (Å²) in [4.78, 5) is 11.5. The minimum atomic E-state index is -0.143. The Morgan fingerprint density at radius 3 is 3.17 bits per heavy atom. The largest absolute Gasteiger partial charge is 0.372 e. The summed E-state index contributed by atoms with van der Waals surface area (Å²) in [5.74, 6) is -0.143. The van der Waals surface area contributed by atoms with Crippen LogP contribution in [0.3, 0.4) is 0 Å². The van der Waals surface area contributed by atoms with Gasteiger partial charge >= 0.3 is 0 Å². The molecule has 1 aliphatic rings. The van der Waals surface area contributed by atoms with Crippen LogP contribution in [0.2, 0.25) is 0 Å². The van der Waals surface area contributed by atoms with E-state index in [9.17, 15) is 4.79 Å². The maximum absolute atomic E-state index is 11.5. The van der Waals surface area contributed by atoms with Gasteiger partial charge in [-0.05, 0) is 6.92 Å². The van der Waals surface area contributed by atoms with Crippen molar-refractivity contribution in [3.63, 3.8) is 0 Å². The van der Waals surface area contributed by atoms with E-state index in [0.29, 0.717) is 26.3 Å². The molecule has 1 unspecified atom stereocenters. The first-order valence-electron chi connectivity index (χ1n) is 7.54. The molecule has 23 heavy (non-hydrogen) atoms. The van der Waals surface area contributed by atoms with E-state index in [1.165, 1.54) is 0 Å². The van der Waals surface area contributed by atoms with Crippen LogP contribution in [-0.2, 0) is 34.5 Å². The first kappa shape index (κ1) is 15.6. The van der Waals surface area contributed by atoms with Crippen LogP contribution in [0.1, 0.15) is 12.6 Å². The molecule has 0 spiro atoms. The molecule has 9 nitrogen and oxygen atoms in total. The third kappa shape index (κ3) is 3.57. The van der Waals surface area contributed by atoms with Crippen molar-refractivity contribution >= 4 is 5.91 Å². The molecular weight excluding hydrogens is 300 g/mol. The molecule has 0 aromatic carbocycles. The third-order valence-electron chi connectivity index (χ3n) is 3.61. The maximum atomic E-state index is 11.5. The van der Waals surface area contributed by atoms with Crippen LogP contribution >= 0.6 is 0 Å². The molecule has 2 aromatic rings. The second kappa shape index (κ2) is 6.88. The topological polar surface area (TPSA) is 96.1 Å². The van der Waals surface area contributed by atoms with Crippen LogP contribution < -0.4 is 5.32 Å². The summed E-state index contributed by atoms with van der Waals surface area (Å²) in [6, 6.07) is 0. The second-order valence-corrected chi connectivity index (χ2v) is 5.34. The number of nitrogens with one attached hydrogen (secondary N) is 1. The monoisotopic (exact) mass is 320 g/mol. The number of hydrogen-bond donors (Lipinski definition) is 1. The molecule has 0 saturated carbocycles. The summed E-state index contributed by atoms with van der Waals surface area (Å²) >= 11 is 0. The Kier molecular flexibility index (Phi) is 4.68. The standard InChI is InChI=1S/C14H20N6O3/c1-3-22-9-13(21)15-5-11-7-20-12(8-23-11)14(17-18-20)10-4-16-19(2)6-10/h4,6,11H,3,5,7-9H2,1-2H3,(H,15,21). The Bertz CT molecular complexity index is 680. The first-order chi connectivity index (χ1) is 11.2. The zero-order valence-electron chi connectivity index (χ0n) is 13.2. The highest BCUT2D eigenvalue weighted by Gasteiger charge is 2.25. The van der Waals surface area contributed by atoms with Crippen LogP contribution in [0, 0.1) is 0 Å². The normalized spacial score (nSPS) is 17.0. The van der Waals surface area contributed by atoms with Crippen LogP contribution in [0.5, 0.6) is 0 Å². The summed E-state index contributed by atoms with van der Waals surface area (Å²) in [6.45, 7) is 3.83. The average molecular weight is 320 g/mol. The van der Waals surface area contributed by atoms with Gasteiger partial charge in [-0.15, -0.1) is 5.10 Å². The van der Waals surface area contributed by atoms with Crippen molar-refractivity contribution in [2.24, 2.45) is 7.05 Å². The van der Waals surface area contributed by atoms with Gasteiger partial charge in [-0.1, -0.05) is 5.21 Å². The molecule has 9 heteroatoms. The first-order valence-corrected chi connectivity index (χ1v) is 7.54. The number of carbonyl (C=O) groups is 1. The number of aromatic nitrogens is 5. The van der Waals surface area contributed by atoms with E-state index in [4.69, 9.17) is 9.47 Å². The van der Waals surface area contributed by atoms with Gasteiger partial charge in [0.05, 0.1) is 31.1 Å². The Morgan fingerprint density at radius 1 is 1.57 bits per heavy atom. The Labute approximate surface area is 133 Å². The van der Waals surface area contributed by atoms with Gasteiger partial charge < -0.3 is 14.8 Å². The van der Waals surface area contributed by atoms with Crippen molar-refractivity contribution in [3.05, 3.63) is 18.1 Å². The second-order valence-electron chi connectivity index (χ2n) is 5.34. The molecule has 3 rings (SSSR count). The molecule has 1 aliphatic heterocycles. The van der Waals surface area contributed by atoms with Gasteiger partial charge in [0.1, 0.15) is 12.3 Å². The fraction of sp³-hybridized carbons (Fsp3) is 0.571. The van der Waals surface area contributed by atoms with Gasteiger partial charge in [0.2, 0.25) is 5.91 Å². The Hall–Kier alpha value is -2.26. The van der Waals surface area contributed by atoms with Crippen molar-refractivity contribution in [2.75, 3.05) is 19.8 Å². The van der Waals surface area contributed by atoms with Crippen molar-refractivity contribution in [1.82, 2.24) is 30.1 Å². The third-order valence-corrected chi connectivity index (χ3v) is 3.61. The molecule has 0 radical (unpaired) electrons. The van der Waals surface area contributed by atoms with E-state index in [1.807, 2.05) is 24.9 Å². The van der Waals surface area contributed by atoms with Crippen molar-refractivity contribution < 1.29 is 14.3 Å². The summed E-state index contributed by atoms with van der Waals surface area (Å²) in [5.41, 5.74) is 2.63. The quantitative estimate of drug-likeness (QED) is 0.787. The molecule has 2 aromatic heterocycles. The smallest absolute Gasteiger partial charge is 0.246 e. The number of nitrogens with zero attached hydrogens (tertiary/aromatic N) is 5. The summed E-state index contributed by atoms with van der Waals surface area (Å²) in [7, 11) is 1.86. The van der Waals surface area contributed by atoms with E-state index in [0.717, 1.165) is 17.0 Å². The van der Waals surface area contributed by atoms with E-state index in [-0.39, 0.29) is 18.6 Å². The number of amides is 1. The highest BCUT2D eigenvalue weighted by atomic mass is 16.5. The lowest BCUT2D eigenvalue weighted by molar-refractivity contribution is -0.126. The molecule has 1 amide bonds. The van der Waals surface area contributed by atoms with E-state index >= 15 is 0 Å². The fourth-order valence-electron chi connectivity index (χ4n) is 2.43. The van der Waals surface area contributed by atoms with Crippen molar-refractivity contribution in [2.45, 2.75) is 26.2 Å². The molecule has 0 fully saturated rings. The lowest BCUT2D eigenvalue weighted by Gasteiger charge is -2.24. The number of carbonyl (C=O) groups excluding carboxylic acids is 1. The average Bonchev–Trinajstić information content (AvgIpc) is 3.16. The molecular formula is C14H20N6O3. The predicted octanol–water partition coefficient (Wildman–Crippen LogP) is -0.270. The number of aryl methyl sites for hydroxylation is 1. The number of ether oxygens (including phenoxy) is 2. The van der Waals surface area contributed by atoms with Gasteiger partial charge in [-0.2, -0.15) is 5.10 Å². The van der Waals surface area contributed by atoms with E-state index in [1.54, 1.807) is 10.9 Å². The molecule has 0 bridgehead atoms. The lowest BCUT2D eigenvalue weighted by Crippen LogP contribution is -2.40. The lowest BCUT2D eigenvalue weighted by atomic mass is 10.2. The zero-order valence-corrected chi connectivity index (χ0v) is 13.2. The molecule has 1 N–H and O–H groups in total. The minimum Gasteiger partial charge on any atom is -0.372 e. The number of rotatable bonds is 6. The molecule has 1 atom stereocenters. The fourth-order valence-corrected chi connectivity index (χ4v) is 2.43. The maximum Gasteiger partial charge on any atom is 0.246 e. The number of hydrogen-bond acceptors (Lipinski definition) is 6. The number of fused-ring (bicyclic) bond motifs is 1. The van der Waals surface area contributed by atoms with E-state index < -0.39 is 0 Å². The minimum absolute atomic E-state index is 0.0724. The van der Waals surface area contributed by atoms with Crippen molar-refractivity contribution in [3.8, 4) is 11.3 Å². The highest BCUT2D eigenvalue weighted by molar-refractivity contribution is 5.77. The van der Waals surface area contributed by atoms with Crippen LogP contribution in [0.4, 0.5) is 0 Å². The summed E-state index contributed by atoms with van der Waals surface area (Å²) in [5, 5.41) is 15.4. The Morgan fingerprint density at radius 2 is 2.43 bits per heavy atom. The zero-order chi connectivity index (χ0) is 16.2. The predicted molar refractivity (Wildman–Crippen MR) is 80.3 cm³/mol. The van der Waals surface area contributed by atoms with Gasteiger partial charge in [0, 0.05) is 32.0 Å².